The van der Waals surface area contributed by atoms with Crippen molar-refractivity contribution in [2.45, 2.75) is 6.54 Å². The number of carboxylic acid groups (broad SMARTS) is 2. The number of carbonyl (C=O) groups is 2. The summed E-state index contributed by atoms with van der Waals surface area (Å²) in [6.45, 7) is -0.578. The van der Waals surface area contributed by atoms with Gasteiger partial charge in [0.25, 0.3) is 5.69 Å². The molecule has 0 spiro atoms. The zero-order chi connectivity index (χ0) is 13.9. The second kappa shape index (κ2) is 5.32. The molecular formula is C9H7ClN2O6. The van der Waals surface area contributed by atoms with Crippen LogP contribution in [0.4, 0.5) is 15.3 Å². The van der Waals surface area contributed by atoms with Gasteiger partial charge in [0.15, 0.2) is 0 Å². The summed E-state index contributed by atoms with van der Waals surface area (Å²) in [5.41, 5.74) is -0.374. The summed E-state index contributed by atoms with van der Waals surface area (Å²) in [4.78, 5) is 31.2. The Balaban J connectivity index is 3.11. The van der Waals surface area contributed by atoms with Gasteiger partial charge < -0.3 is 10.2 Å². The van der Waals surface area contributed by atoms with Gasteiger partial charge in [-0.3, -0.25) is 10.1 Å². The Kier molecular flexibility index (Phi) is 4.05. The first-order valence-corrected chi connectivity index (χ1v) is 4.87. The lowest BCUT2D eigenvalue weighted by atomic mass is 10.2. The molecule has 0 radical (unpaired) electrons. The summed E-state index contributed by atoms with van der Waals surface area (Å²) in [7, 11) is 0. The second-order valence-electron chi connectivity index (χ2n) is 3.16. The van der Waals surface area contributed by atoms with Crippen LogP contribution in [0.1, 0.15) is 5.56 Å². The van der Waals surface area contributed by atoms with E-state index >= 15 is 0 Å². The first kappa shape index (κ1) is 13.7. The smallest absolute Gasteiger partial charge is 0.417 e. The minimum absolute atomic E-state index is 0.0377. The molecule has 0 fully saturated rings. The van der Waals surface area contributed by atoms with E-state index in [0.29, 0.717) is 0 Å². The molecule has 1 rings (SSSR count). The lowest BCUT2D eigenvalue weighted by molar-refractivity contribution is -0.384. The van der Waals surface area contributed by atoms with E-state index in [1.165, 1.54) is 12.1 Å². The maximum atomic E-state index is 10.6. The molecular weight excluding hydrogens is 268 g/mol. The van der Waals surface area contributed by atoms with E-state index in [2.05, 4.69) is 0 Å². The average molecular weight is 275 g/mol. The third-order valence-electron chi connectivity index (χ3n) is 2.05. The van der Waals surface area contributed by atoms with Gasteiger partial charge in [0.1, 0.15) is 5.02 Å². The van der Waals surface area contributed by atoms with Crippen molar-refractivity contribution in [1.29, 1.82) is 0 Å². The highest BCUT2D eigenvalue weighted by atomic mass is 35.5. The quantitative estimate of drug-likeness (QED) is 0.645. The monoisotopic (exact) mass is 274 g/mol. The highest BCUT2D eigenvalue weighted by Gasteiger charge is 2.23. The van der Waals surface area contributed by atoms with Crippen LogP contribution in [-0.2, 0) is 6.54 Å². The first-order chi connectivity index (χ1) is 8.34. The molecule has 0 aliphatic carbocycles. The molecule has 18 heavy (non-hydrogen) atoms. The highest BCUT2D eigenvalue weighted by Crippen LogP contribution is 2.28. The van der Waals surface area contributed by atoms with E-state index in [0.717, 1.165) is 6.07 Å². The molecule has 0 aliphatic heterocycles. The molecule has 0 heterocycles. The maximum Gasteiger partial charge on any atom is 0.417 e. The number of imide groups is 1. The molecule has 8 nitrogen and oxygen atoms in total. The van der Waals surface area contributed by atoms with Crippen LogP contribution in [0, 0.1) is 10.1 Å². The zero-order valence-corrected chi connectivity index (χ0v) is 9.49. The molecule has 2 N–H and O–H groups in total. The zero-order valence-electron chi connectivity index (χ0n) is 8.74. The second-order valence-corrected chi connectivity index (χ2v) is 3.54. The van der Waals surface area contributed by atoms with Gasteiger partial charge in [-0.2, -0.15) is 0 Å². The number of rotatable bonds is 3. The average Bonchev–Trinajstić information content (AvgIpc) is 2.26. The fourth-order valence-electron chi connectivity index (χ4n) is 1.22. The SMILES string of the molecule is O=C(O)N(Cc1cccc([N+](=O)[O-])c1Cl)C(=O)O. The lowest BCUT2D eigenvalue weighted by Gasteiger charge is -2.14. The summed E-state index contributed by atoms with van der Waals surface area (Å²) in [6, 6.07) is 3.74. The van der Waals surface area contributed by atoms with Crippen molar-refractivity contribution in [3.8, 4) is 0 Å². The molecule has 0 atom stereocenters. The predicted octanol–water partition coefficient (Wildman–Crippen LogP) is 2.41. The Hall–Kier alpha value is -2.35. The first-order valence-electron chi connectivity index (χ1n) is 4.49. The minimum atomic E-state index is -1.69. The standard InChI is InChI=1S/C9H7ClN2O6/c10-7-5(2-1-3-6(7)12(17)18)4-11(8(13)14)9(15)16/h1-3H,4H2,(H,13,14)(H,15,16). The summed E-state index contributed by atoms with van der Waals surface area (Å²) in [5, 5.41) is 27.6. The van der Waals surface area contributed by atoms with E-state index in [9.17, 15) is 19.7 Å². The van der Waals surface area contributed by atoms with Crippen molar-refractivity contribution < 1.29 is 24.7 Å². The summed E-state index contributed by atoms with van der Waals surface area (Å²) >= 11 is 5.70. The van der Waals surface area contributed by atoms with Crippen LogP contribution in [0.25, 0.3) is 0 Å². The predicted molar refractivity (Wildman–Crippen MR) is 59.7 cm³/mol. The molecule has 0 bridgehead atoms. The number of nitro benzene ring substituents is 1. The molecule has 0 saturated heterocycles. The van der Waals surface area contributed by atoms with E-state index < -0.39 is 29.3 Å². The Labute approximate surface area is 105 Å². The molecule has 0 saturated carbocycles. The number of hydrogen-bond donors (Lipinski definition) is 2. The molecule has 2 amide bonds. The van der Waals surface area contributed by atoms with Gasteiger partial charge in [0.05, 0.1) is 11.5 Å². The largest absolute Gasteiger partial charge is 0.465 e. The Morgan fingerprint density at radius 1 is 1.33 bits per heavy atom. The molecule has 1 aromatic carbocycles. The van der Waals surface area contributed by atoms with Crippen LogP contribution in [0.15, 0.2) is 18.2 Å². The normalized spacial score (nSPS) is 9.83. The van der Waals surface area contributed by atoms with Crippen molar-refractivity contribution in [2.75, 3.05) is 0 Å². The number of hydrogen-bond acceptors (Lipinski definition) is 4. The van der Waals surface area contributed by atoms with Crippen molar-refractivity contribution in [1.82, 2.24) is 4.90 Å². The van der Waals surface area contributed by atoms with Crippen LogP contribution in [0.5, 0.6) is 0 Å². The Bertz CT molecular complexity index is 504. The van der Waals surface area contributed by atoms with Gasteiger partial charge in [0.2, 0.25) is 0 Å². The van der Waals surface area contributed by atoms with E-state index in [1.807, 2.05) is 0 Å². The topological polar surface area (TPSA) is 121 Å². The Morgan fingerprint density at radius 3 is 2.33 bits per heavy atom. The van der Waals surface area contributed by atoms with Gasteiger partial charge in [0, 0.05) is 6.07 Å². The van der Waals surface area contributed by atoms with E-state index in [4.69, 9.17) is 21.8 Å². The van der Waals surface area contributed by atoms with Gasteiger partial charge in [-0.15, -0.1) is 0 Å². The van der Waals surface area contributed by atoms with Gasteiger partial charge >= 0.3 is 12.2 Å². The lowest BCUT2D eigenvalue weighted by Crippen LogP contribution is -2.33. The van der Waals surface area contributed by atoms with E-state index in [1.54, 1.807) is 0 Å². The van der Waals surface area contributed by atoms with Gasteiger partial charge in [-0.1, -0.05) is 23.7 Å². The van der Waals surface area contributed by atoms with Crippen LogP contribution < -0.4 is 0 Å². The van der Waals surface area contributed by atoms with Crippen molar-refractivity contribution in [3.05, 3.63) is 38.9 Å². The van der Waals surface area contributed by atoms with Crippen molar-refractivity contribution in [2.24, 2.45) is 0 Å². The Morgan fingerprint density at radius 2 is 1.89 bits per heavy atom. The third kappa shape index (κ3) is 2.86. The fourth-order valence-corrected chi connectivity index (χ4v) is 1.47. The summed E-state index contributed by atoms with van der Waals surface area (Å²) in [5.74, 6) is 0. The van der Waals surface area contributed by atoms with Gasteiger partial charge in [-0.25, -0.2) is 14.5 Å². The van der Waals surface area contributed by atoms with Crippen LogP contribution >= 0.6 is 11.6 Å². The number of benzene rings is 1. The molecule has 0 aromatic heterocycles. The minimum Gasteiger partial charge on any atom is -0.465 e. The molecule has 0 unspecified atom stereocenters. The van der Waals surface area contributed by atoms with Crippen molar-refractivity contribution in [3.63, 3.8) is 0 Å². The molecule has 9 heteroatoms. The van der Waals surface area contributed by atoms with Crippen LogP contribution in [0.2, 0.25) is 5.02 Å². The van der Waals surface area contributed by atoms with Crippen LogP contribution in [0.3, 0.4) is 0 Å². The highest BCUT2D eigenvalue weighted by molar-refractivity contribution is 6.33. The number of nitro groups is 1. The summed E-state index contributed by atoms with van der Waals surface area (Å²) < 4.78 is 0. The fraction of sp³-hybridized carbons (Fsp3) is 0.111. The molecule has 0 aliphatic rings. The maximum absolute atomic E-state index is 10.6. The third-order valence-corrected chi connectivity index (χ3v) is 2.48. The van der Waals surface area contributed by atoms with Gasteiger partial charge in [-0.05, 0) is 5.56 Å². The summed E-state index contributed by atoms with van der Waals surface area (Å²) in [6.07, 6.45) is -3.38. The van der Waals surface area contributed by atoms with Crippen LogP contribution in [-0.4, -0.2) is 32.2 Å². The molecule has 96 valence electrons. The van der Waals surface area contributed by atoms with E-state index in [-0.39, 0.29) is 15.5 Å². The number of amides is 2. The number of nitrogens with zero attached hydrogens (tertiary/aromatic N) is 2. The number of halogens is 1. The van der Waals surface area contributed by atoms with Crippen molar-refractivity contribution >= 4 is 29.5 Å². The molecule has 1 aromatic rings.